The first-order valence-electron chi connectivity index (χ1n) is 4.47. The Morgan fingerprint density at radius 1 is 1.43 bits per heavy atom. The summed E-state index contributed by atoms with van der Waals surface area (Å²) < 4.78 is 3.54. The van der Waals surface area contributed by atoms with Gasteiger partial charge in [-0.15, -0.1) is 0 Å². The van der Waals surface area contributed by atoms with Gasteiger partial charge in [-0.25, -0.2) is 0 Å². The molecular weight excluding hydrogens is 324 g/mol. The molecule has 5 heteroatoms. The van der Waals surface area contributed by atoms with Gasteiger partial charge in [0.1, 0.15) is 4.64 Å². The summed E-state index contributed by atoms with van der Waals surface area (Å²) in [5.41, 5.74) is 0. The van der Waals surface area contributed by atoms with Crippen LogP contribution in [-0.2, 0) is 0 Å². The molecule has 0 amide bonds. The fourth-order valence-electron chi connectivity index (χ4n) is 0.663. The van der Waals surface area contributed by atoms with Crippen LogP contribution in [0.15, 0.2) is 24.4 Å². The van der Waals surface area contributed by atoms with E-state index in [1.54, 1.807) is 18.2 Å². The van der Waals surface area contributed by atoms with Gasteiger partial charge in [0, 0.05) is 0 Å². The van der Waals surface area contributed by atoms with E-state index in [9.17, 15) is 5.21 Å². The van der Waals surface area contributed by atoms with Crippen molar-refractivity contribution in [3.8, 4) is 0 Å². The average Bonchev–Trinajstić information content (AvgIpc) is 2.22. The fraction of sp³-hybridized carbons (Fsp3) is 0.444. The number of pyridine rings is 1. The number of nitrogens with zero attached hydrogens (tertiary/aromatic N) is 1. The molecule has 0 aliphatic carbocycles. The molecule has 1 rings (SSSR count). The molecule has 0 N–H and O–H groups in total. The second kappa shape index (κ2) is 8.56. The molecule has 0 atom stereocenters. The van der Waals surface area contributed by atoms with Crippen molar-refractivity contribution in [2.75, 3.05) is 0 Å². The Morgan fingerprint density at radius 3 is 2.21 bits per heavy atom. The van der Waals surface area contributed by atoms with Gasteiger partial charge >= 0.3 is 50.3 Å². The maximum absolute atomic E-state index is 10.4. The normalized spacial score (nSPS) is 8.79. The van der Waals surface area contributed by atoms with E-state index in [0.717, 1.165) is 0 Å². The number of hydrogen-bond acceptors (Lipinski definition) is 2. The summed E-state index contributed by atoms with van der Waals surface area (Å²) in [6, 6.07) is 4.96. The van der Waals surface area contributed by atoms with Gasteiger partial charge in [0.2, 0.25) is 0 Å². The van der Waals surface area contributed by atoms with Crippen LogP contribution in [0, 0.1) is 9.85 Å². The summed E-state index contributed by atoms with van der Waals surface area (Å²) in [6.45, 7) is 4.37. The van der Waals surface area contributed by atoms with Crippen molar-refractivity contribution in [1.29, 1.82) is 0 Å². The minimum absolute atomic E-state index is 0.313. The van der Waals surface area contributed by atoms with Crippen LogP contribution in [0.1, 0.15) is 13.8 Å². The molecule has 0 radical (unpaired) electrons. The largest absolute Gasteiger partial charge is 0.805 e. The van der Waals surface area contributed by atoms with E-state index >= 15 is 0 Å². The van der Waals surface area contributed by atoms with Crippen molar-refractivity contribution < 1.29 is 0 Å². The van der Waals surface area contributed by atoms with E-state index in [4.69, 9.17) is 8.92 Å². The summed E-state index contributed by atoms with van der Waals surface area (Å²) in [7, 11) is 5.85. The molecule has 0 aliphatic rings. The van der Waals surface area contributed by atoms with Crippen LogP contribution in [0.2, 0.25) is 8.87 Å². The van der Waals surface area contributed by atoms with Crippen LogP contribution in [-0.4, -0.2) is 23.4 Å². The summed E-state index contributed by atoms with van der Waals surface area (Å²) in [6.07, 6.45) is 1.38. The standard InChI is InChI=1S/C5H4NOS.2C2H5.ClH.Sn/c7-6-4-2-1-3-5(6)8;2*1-2;;/h1-4H;2*1H2,2H3;1H;/q-1;;;;+2/p-1. The molecule has 0 aliphatic heterocycles. The summed E-state index contributed by atoms with van der Waals surface area (Å²) in [5.74, 6) is 0. The zero-order valence-corrected chi connectivity index (χ0v) is 12.8. The van der Waals surface area contributed by atoms with Gasteiger partial charge in [-0.05, 0) is 18.3 Å². The quantitative estimate of drug-likeness (QED) is 0.606. The molecule has 1 aromatic heterocycles. The topological polar surface area (TPSA) is 28.0 Å². The van der Waals surface area contributed by atoms with E-state index in [1.165, 1.54) is 15.1 Å². The predicted octanol–water partition coefficient (Wildman–Crippen LogP) is 3.82. The third-order valence-electron chi connectivity index (χ3n) is 1.56. The van der Waals surface area contributed by atoms with Crippen molar-refractivity contribution >= 4 is 39.8 Å². The minimum Gasteiger partial charge on any atom is -0.805 e. The third-order valence-corrected chi connectivity index (χ3v) is 9.84. The first-order valence-corrected chi connectivity index (χ1v) is 12.5. The zero-order chi connectivity index (χ0) is 11.0. The van der Waals surface area contributed by atoms with E-state index in [-0.39, 0.29) is 0 Å². The van der Waals surface area contributed by atoms with E-state index in [1.807, 2.05) is 0 Å². The Balaban J connectivity index is 0.000000255. The summed E-state index contributed by atoms with van der Waals surface area (Å²) in [5, 5.41) is 10.4. The van der Waals surface area contributed by atoms with Crippen molar-refractivity contribution in [2.45, 2.75) is 22.7 Å². The predicted molar refractivity (Wildman–Crippen MR) is 66.6 cm³/mol. The van der Waals surface area contributed by atoms with Gasteiger partial charge in [0.25, 0.3) is 0 Å². The van der Waals surface area contributed by atoms with E-state index in [2.05, 4.69) is 26.1 Å². The third kappa shape index (κ3) is 6.67. The number of aromatic nitrogens is 1. The molecule has 0 saturated heterocycles. The minimum atomic E-state index is -1.14. The van der Waals surface area contributed by atoms with E-state index < -0.39 is 18.6 Å². The molecule has 0 saturated carbocycles. The molecule has 78 valence electrons. The second-order valence-electron chi connectivity index (χ2n) is 2.59. The average molecular weight is 338 g/mol. The van der Waals surface area contributed by atoms with Gasteiger partial charge in [0.05, 0.1) is 0 Å². The summed E-state index contributed by atoms with van der Waals surface area (Å²) in [4.78, 5) is 0. The van der Waals surface area contributed by atoms with Crippen LogP contribution in [0.5, 0.6) is 0 Å². The van der Waals surface area contributed by atoms with Gasteiger partial charge in [-0.3, -0.25) is 0 Å². The molecule has 14 heavy (non-hydrogen) atoms. The molecule has 1 aromatic rings. The Bertz CT molecular complexity index is 301. The van der Waals surface area contributed by atoms with E-state index in [0.29, 0.717) is 9.37 Å². The Morgan fingerprint density at radius 2 is 2.00 bits per heavy atom. The Hall–Kier alpha value is 0.259. The van der Waals surface area contributed by atoms with Crippen molar-refractivity contribution in [1.82, 2.24) is 4.73 Å². The van der Waals surface area contributed by atoms with Crippen LogP contribution in [0.3, 0.4) is 0 Å². The first kappa shape index (κ1) is 14.3. The Kier molecular flexibility index (Phi) is 8.72. The number of hydrogen-bond donors (Lipinski definition) is 0. The van der Waals surface area contributed by atoms with Gasteiger partial charge < -0.3 is 9.94 Å². The zero-order valence-electron chi connectivity index (χ0n) is 8.37. The molecule has 0 aromatic carbocycles. The van der Waals surface area contributed by atoms with Crippen LogP contribution in [0.25, 0.3) is 0 Å². The molecule has 0 bridgehead atoms. The maximum atomic E-state index is 10.4. The second-order valence-corrected chi connectivity index (χ2v) is 13.6. The van der Waals surface area contributed by atoms with Gasteiger partial charge in [-0.1, -0.05) is 18.3 Å². The fourth-order valence-corrected chi connectivity index (χ4v) is 2.23. The smallest absolute Gasteiger partial charge is 0.101 e. The number of halogens is 1. The summed E-state index contributed by atoms with van der Waals surface area (Å²) >= 11 is 3.46. The molecule has 0 spiro atoms. The van der Waals surface area contributed by atoms with Crippen molar-refractivity contribution in [3.63, 3.8) is 0 Å². The van der Waals surface area contributed by atoms with Crippen molar-refractivity contribution in [3.05, 3.63) is 34.2 Å². The molecule has 2 nitrogen and oxygen atoms in total. The van der Waals surface area contributed by atoms with Crippen molar-refractivity contribution in [2.24, 2.45) is 0 Å². The van der Waals surface area contributed by atoms with Crippen LogP contribution < -0.4 is 0 Å². The SMILES string of the molecule is C[CH2][Sn+]([Cl])[CH2]C.[O-]n1ccccc1=S. The Labute approximate surface area is 101 Å². The van der Waals surface area contributed by atoms with Gasteiger partial charge in [-0.2, -0.15) is 0 Å². The van der Waals surface area contributed by atoms with Gasteiger partial charge in [0.15, 0.2) is 0 Å². The molecule has 1 heterocycles. The number of rotatable bonds is 2. The molecule has 0 unspecified atom stereocenters. The molecule has 0 fully saturated rings. The first-order chi connectivity index (χ1) is 6.61. The van der Waals surface area contributed by atoms with Crippen LogP contribution >= 0.6 is 21.1 Å². The monoisotopic (exact) mass is 339 g/mol. The maximum Gasteiger partial charge on any atom is 0.101 e. The molecular formula is C9H14ClNOSSn. The van der Waals surface area contributed by atoms with Crippen LogP contribution in [0.4, 0.5) is 0 Å².